The zero-order valence-electron chi connectivity index (χ0n) is 16.3. The summed E-state index contributed by atoms with van der Waals surface area (Å²) in [5, 5.41) is 6.43. The molecule has 1 aliphatic rings. The molecule has 3 heterocycles. The van der Waals surface area contributed by atoms with Crippen LogP contribution in [0.25, 0.3) is 21.7 Å². The summed E-state index contributed by atoms with van der Waals surface area (Å²) < 4.78 is 6.07. The maximum Gasteiger partial charge on any atom is 0.164 e. The van der Waals surface area contributed by atoms with E-state index in [0.717, 1.165) is 40.5 Å². The highest BCUT2D eigenvalue weighted by Crippen LogP contribution is 2.34. The Balaban J connectivity index is 1.38. The predicted octanol–water partition coefficient (Wildman–Crippen LogP) is 6.20. The van der Waals surface area contributed by atoms with Gasteiger partial charge < -0.3 is 9.84 Å². The molecule has 2 aromatic heterocycles. The number of nitrogens with zero attached hydrogens (tertiary/aromatic N) is 2. The molecule has 5 heteroatoms. The zero-order valence-corrected chi connectivity index (χ0v) is 17.1. The quantitative estimate of drug-likeness (QED) is 0.453. The van der Waals surface area contributed by atoms with Crippen molar-refractivity contribution in [2.75, 3.05) is 5.43 Å². The number of hydrogen-bond donors (Lipinski definition) is 1. The Kier molecular flexibility index (Phi) is 4.03. The summed E-state index contributed by atoms with van der Waals surface area (Å²) >= 11 is 1.64. The lowest BCUT2D eigenvalue weighted by Crippen LogP contribution is -2.22. The molecule has 0 atom stereocenters. The fourth-order valence-corrected chi connectivity index (χ4v) is 4.52. The van der Waals surface area contributed by atoms with Gasteiger partial charge in [-0.3, -0.25) is 0 Å². The second-order valence-corrected chi connectivity index (χ2v) is 9.25. The van der Waals surface area contributed by atoms with E-state index in [2.05, 4.69) is 85.1 Å². The maximum absolute atomic E-state index is 6.07. The fourth-order valence-electron chi connectivity index (χ4n) is 3.53. The van der Waals surface area contributed by atoms with Gasteiger partial charge in [-0.1, -0.05) is 45.0 Å². The molecule has 0 fully saturated rings. The Hall–Kier alpha value is -2.63. The third-order valence-electron chi connectivity index (χ3n) is 5.09. The molecular formula is C23H23N3OS. The van der Waals surface area contributed by atoms with E-state index in [1.54, 1.807) is 11.3 Å². The van der Waals surface area contributed by atoms with Gasteiger partial charge in [0, 0.05) is 29.3 Å². The van der Waals surface area contributed by atoms with Crippen LogP contribution >= 0.6 is 11.3 Å². The van der Waals surface area contributed by atoms with Gasteiger partial charge in [0.15, 0.2) is 10.8 Å². The summed E-state index contributed by atoms with van der Waals surface area (Å²) in [7, 11) is 0. The molecule has 0 amide bonds. The Labute approximate surface area is 168 Å². The molecule has 28 heavy (non-hydrogen) atoms. The minimum Gasteiger partial charge on any atom is -0.454 e. The van der Waals surface area contributed by atoms with Crippen LogP contribution in [-0.2, 0) is 18.5 Å². The highest BCUT2D eigenvalue weighted by atomic mass is 32.1. The summed E-state index contributed by atoms with van der Waals surface area (Å²) in [6, 6.07) is 17.0. The predicted molar refractivity (Wildman–Crippen MR) is 115 cm³/mol. The molecule has 2 aromatic carbocycles. The molecule has 0 bridgehead atoms. The number of rotatable bonds is 3. The van der Waals surface area contributed by atoms with E-state index in [9.17, 15) is 0 Å². The summed E-state index contributed by atoms with van der Waals surface area (Å²) in [5.41, 5.74) is 9.34. The van der Waals surface area contributed by atoms with Gasteiger partial charge in [-0.05, 0) is 35.4 Å². The molecule has 0 aliphatic carbocycles. The fraction of sp³-hybridized carbons (Fsp3) is 0.261. The highest BCUT2D eigenvalue weighted by Gasteiger charge is 2.20. The first-order chi connectivity index (χ1) is 13.5. The minimum absolute atomic E-state index is 0.0498. The Morgan fingerprint density at radius 3 is 2.79 bits per heavy atom. The Morgan fingerprint density at radius 1 is 1.14 bits per heavy atom. The van der Waals surface area contributed by atoms with Crippen molar-refractivity contribution in [1.29, 1.82) is 0 Å². The lowest BCUT2D eigenvalue weighted by Gasteiger charge is -2.16. The largest absolute Gasteiger partial charge is 0.454 e. The number of thiazole rings is 1. The van der Waals surface area contributed by atoms with Crippen molar-refractivity contribution in [1.82, 2.24) is 9.99 Å². The van der Waals surface area contributed by atoms with Gasteiger partial charge in [-0.15, -0.1) is 11.3 Å². The first-order valence-electron chi connectivity index (χ1n) is 9.54. The van der Waals surface area contributed by atoms with Crippen molar-refractivity contribution in [3.8, 4) is 10.8 Å². The average Bonchev–Trinajstić information content (AvgIpc) is 3.37. The van der Waals surface area contributed by atoms with Crippen LogP contribution in [0.4, 0.5) is 5.69 Å². The molecule has 0 radical (unpaired) electrons. The topological polar surface area (TPSA) is 41.3 Å². The van der Waals surface area contributed by atoms with Crippen molar-refractivity contribution < 1.29 is 4.42 Å². The van der Waals surface area contributed by atoms with Gasteiger partial charge in [0.2, 0.25) is 0 Å². The van der Waals surface area contributed by atoms with Crippen LogP contribution < -0.4 is 5.43 Å². The van der Waals surface area contributed by atoms with Crippen LogP contribution in [0.15, 0.2) is 58.3 Å². The monoisotopic (exact) mass is 389 g/mol. The number of furan rings is 1. The number of hydrogen-bond acceptors (Lipinski definition) is 5. The highest BCUT2D eigenvalue weighted by molar-refractivity contribution is 7.13. The summed E-state index contributed by atoms with van der Waals surface area (Å²) in [6.45, 7) is 8.31. The van der Waals surface area contributed by atoms with E-state index >= 15 is 0 Å². The molecular weight excluding hydrogens is 366 g/mol. The molecule has 4 nitrogen and oxygen atoms in total. The lowest BCUT2D eigenvalue weighted by atomic mass is 9.93. The van der Waals surface area contributed by atoms with Crippen LogP contribution in [0.3, 0.4) is 0 Å². The molecule has 1 N–H and O–H groups in total. The number of aromatic nitrogens is 1. The first-order valence-corrected chi connectivity index (χ1v) is 10.4. The summed E-state index contributed by atoms with van der Waals surface area (Å²) in [6.07, 6.45) is 0. The smallest absolute Gasteiger partial charge is 0.164 e. The van der Waals surface area contributed by atoms with Crippen molar-refractivity contribution in [2.24, 2.45) is 0 Å². The molecule has 4 aromatic rings. The van der Waals surface area contributed by atoms with E-state index in [-0.39, 0.29) is 5.41 Å². The lowest BCUT2D eigenvalue weighted by molar-refractivity contribution is 0.335. The zero-order chi connectivity index (χ0) is 19.3. The third kappa shape index (κ3) is 3.21. The van der Waals surface area contributed by atoms with Crippen LogP contribution in [-0.4, -0.2) is 9.99 Å². The van der Waals surface area contributed by atoms with Crippen LogP contribution in [0.2, 0.25) is 0 Å². The van der Waals surface area contributed by atoms with E-state index in [0.29, 0.717) is 0 Å². The van der Waals surface area contributed by atoms with Gasteiger partial charge >= 0.3 is 0 Å². The second-order valence-electron chi connectivity index (χ2n) is 8.40. The number of nitrogens with one attached hydrogen (secondary N) is 1. The number of hydrazine groups is 1. The molecule has 142 valence electrons. The SMILES string of the molecule is CC(C)(C)c1csc(-c2cc3cc(CN4Cc5ccccc5N4)ccc3o2)n1. The number of anilines is 1. The van der Waals surface area contributed by atoms with Crippen molar-refractivity contribution in [3.05, 3.63) is 70.7 Å². The Morgan fingerprint density at radius 2 is 2.00 bits per heavy atom. The number of benzene rings is 2. The van der Waals surface area contributed by atoms with Gasteiger partial charge in [0.05, 0.1) is 11.4 Å². The van der Waals surface area contributed by atoms with Gasteiger partial charge in [-0.2, -0.15) is 0 Å². The van der Waals surface area contributed by atoms with Crippen LogP contribution in [0, 0.1) is 0 Å². The van der Waals surface area contributed by atoms with E-state index < -0.39 is 0 Å². The van der Waals surface area contributed by atoms with E-state index in [4.69, 9.17) is 9.40 Å². The normalized spacial score (nSPS) is 14.4. The third-order valence-corrected chi connectivity index (χ3v) is 5.95. The Bertz CT molecular complexity index is 1130. The second kappa shape index (κ2) is 6.47. The standard InChI is InChI=1S/C23H23N3OS/c1-23(2,3)21-14-28-22(24-21)20-11-17-10-15(8-9-19(17)27-20)12-26-13-16-6-4-5-7-18(16)25-26/h4-11,14,25H,12-13H2,1-3H3. The van der Waals surface area contributed by atoms with E-state index in [1.807, 2.05) is 0 Å². The molecule has 1 aliphatic heterocycles. The van der Waals surface area contributed by atoms with Crippen LogP contribution in [0.5, 0.6) is 0 Å². The van der Waals surface area contributed by atoms with Gasteiger partial charge in [0.1, 0.15) is 5.58 Å². The van der Waals surface area contributed by atoms with Gasteiger partial charge in [0.25, 0.3) is 0 Å². The first kappa shape index (κ1) is 17.5. The van der Waals surface area contributed by atoms with Crippen LogP contribution in [0.1, 0.15) is 37.6 Å². The van der Waals surface area contributed by atoms with E-state index in [1.165, 1.54) is 16.8 Å². The minimum atomic E-state index is 0.0498. The summed E-state index contributed by atoms with van der Waals surface area (Å²) in [4.78, 5) is 4.78. The molecule has 0 saturated heterocycles. The van der Waals surface area contributed by atoms with Crippen molar-refractivity contribution in [3.63, 3.8) is 0 Å². The maximum atomic E-state index is 6.07. The summed E-state index contributed by atoms with van der Waals surface area (Å²) in [5.74, 6) is 0.847. The molecule has 0 saturated carbocycles. The number of fused-ring (bicyclic) bond motifs is 2. The molecule has 0 unspecified atom stereocenters. The molecule has 0 spiro atoms. The molecule has 5 rings (SSSR count). The van der Waals surface area contributed by atoms with Crippen molar-refractivity contribution >= 4 is 28.0 Å². The van der Waals surface area contributed by atoms with Crippen molar-refractivity contribution in [2.45, 2.75) is 39.3 Å². The number of para-hydroxylation sites is 1. The average molecular weight is 390 g/mol. The van der Waals surface area contributed by atoms with Gasteiger partial charge in [-0.25, -0.2) is 9.99 Å².